The molecule has 3 heterocycles. The minimum absolute atomic E-state index is 0. The summed E-state index contributed by atoms with van der Waals surface area (Å²) in [7, 11) is 2.16. The van der Waals surface area contributed by atoms with Gasteiger partial charge in [0.2, 0.25) is 0 Å². The third-order valence-corrected chi connectivity index (χ3v) is 5.49. The summed E-state index contributed by atoms with van der Waals surface area (Å²) in [6.45, 7) is 2.20. The van der Waals surface area contributed by atoms with E-state index in [-0.39, 0.29) is 30.6 Å². The number of halogens is 4. The predicted molar refractivity (Wildman–Crippen MR) is 118 cm³/mol. The van der Waals surface area contributed by atoms with Crippen molar-refractivity contribution < 1.29 is 4.39 Å². The fourth-order valence-electron chi connectivity index (χ4n) is 3.67. The lowest BCUT2D eigenvalue weighted by atomic mass is 9.93. The zero-order valence-corrected chi connectivity index (χ0v) is 17.9. The molecule has 3 nitrogen and oxygen atoms in total. The summed E-state index contributed by atoms with van der Waals surface area (Å²) < 4.78 is 13.4. The molecule has 0 radical (unpaired) electrons. The van der Waals surface area contributed by atoms with E-state index in [2.05, 4.69) is 28.0 Å². The molecule has 0 atom stereocenters. The van der Waals surface area contributed by atoms with Gasteiger partial charge in [-0.2, -0.15) is 0 Å². The zero-order valence-electron chi connectivity index (χ0n) is 15.5. The van der Waals surface area contributed by atoms with Gasteiger partial charge in [0.05, 0.1) is 10.7 Å². The van der Waals surface area contributed by atoms with E-state index in [9.17, 15) is 4.39 Å². The van der Waals surface area contributed by atoms with Crippen LogP contribution in [0.25, 0.3) is 22.4 Å². The smallest absolute Gasteiger partial charge is 0.123 e. The second kappa shape index (κ2) is 9.75. The monoisotopic (exact) mass is 441 g/mol. The molecule has 7 heteroatoms. The van der Waals surface area contributed by atoms with Crippen molar-refractivity contribution in [2.24, 2.45) is 0 Å². The van der Waals surface area contributed by atoms with E-state index in [1.165, 1.54) is 17.8 Å². The molecule has 0 saturated carbocycles. The maximum atomic E-state index is 13.4. The normalized spacial score (nSPS) is 15.0. The Morgan fingerprint density at radius 2 is 1.75 bits per heavy atom. The maximum Gasteiger partial charge on any atom is 0.123 e. The van der Waals surface area contributed by atoms with Gasteiger partial charge in [0.15, 0.2) is 0 Å². The number of benzene rings is 1. The van der Waals surface area contributed by atoms with Crippen LogP contribution in [0.1, 0.15) is 24.5 Å². The Morgan fingerprint density at radius 1 is 1.07 bits per heavy atom. The number of pyridine rings is 1. The molecule has 0 unspecified atom stereocenters. The maximum absolute atomic E-state index is 13.4. The van der Waals surface area contributed by atoms with Gasteiger partial charge in [-0.1, -0.05) is 11.6 Å². The lowest BCUT2D eigenvalue weighted by Gasteiger charge is -2.28. The van der Waals surface area contributed by atoms with Crippen molar-refractivity contribution in [2.45, 2.75) is 18.8 Å². The number of likely N-dealkylation sites (tertiary alicyclic amines) is 1. The van der Waals surface area contributed by atoms with Crippen molar-refractivity contribution in [3.63, 3.8) is 0 Å². The summed E-state index contributed by atoms with van der Waals surface area (Å²) in [5.41, 5.74) is 5.13. The van der Waals surface area contributed by atoms with E-state index < -0.39 is 0 Å². The van der Waals surface area contributed by atoms with Gasteiger partial charge in [0.1, 0.15) is 5.82 Å². The van der Waals surface area contributed by atoms with Crippen molar-refractivity contribution in [3.05, 3.63) is 65.3 Å². The van der Waals surface area contributed by atoms with Crippen molar-refractivity contribution >= 4 is 36.4 Å². The second-order valence-corrected chi connectivity index (χ2v) is 7.36. The molecule has 2 aromatic heterocycles. The van der Waals surface area contributed by atoms with Crippen LogP contribution >= 0.6 is 36.4 Å². The molecule has 0 bridgehead atoms. The number of rotatable bonds is 3. The van der Waals surface area contributed by atoms with E-state index in [0.717, 1.165) is 48.3 Å². The van der Waals surface area contributed by atoms with Crippen LogP contribution in [0.15, 0.2) is 48.8 Å². The van der Waals surface area contributed by atoms with E-state index in [0.29, 0.717) is 10.9 Å². The van der Waals surface area contributed by atoms with Gasteiger partial charge in [-0.05, 0) is 74.9 Å². The highest BCUT2D eigenvalue weighted by molar-refractivity contribution is 6.33. The molecule has 1 aliphatic heterocycles. The largest absolute Gasteiger partial charge is 0.358 e. The highest BCUT2D eigenvalue weighted by Gasteiger charge is 2.23. The van der Waals surface area contributed by atoms with Crippen molar-refractivity contribution in [2.75, 3.05) is 20.1 Å². The van der Waals surface area contributed by atoms with Crippen LogP contribution in [0, 0.1) is 5.82 Å². The lowest BCUT2D eigenvalue weighted by Crippen LogP contribution is -2.29. The highest BCUT2D eigenvalue weighted by Crippen LogP contribution is 2.39. The number of hydrogen-bond donors (Lipinski definition) is 1. The van der Waals surface area contributed by atoms with E-state index in [4.69, 9.17) is 11.6 Å². The molecular formula is C21H23Cl3FN3. The van der Waals surface area contributed by atoms with Crippen LogP contribution in [0.5, 0.6) is 0 Å². The van der Waals surface area contributed by atoms with Gasteiger partial charge in [0.25, 0.3) is 0 Å². The van der Waals surface area contributed by atoms with Gasteiger partial charge >= 0.3 is 0 Å². The summed E-state index contributed by atoms with van der Waals surface area (Å²) in [6, 6.07) is 10.7. The molecule has 1 N–H and O–H groups in total. The van der Waals surface area contributed by atoms with Crippen molar-refractivity contribution in [3.8, 4) is 22.4 Å². The van der Waals surface area contributed by atoms with E-state index in [1.807, 2.05) is 6.07 Å². The molecule has 4 rings (SSSR count). The molecule has 1 saturated heterocycles. The predicted octanol–water partition coefficient (Wildman–Crippen LogP) is 6.19. The Morgan fingerprint density at radius 3 is 2.39 bits per heavy atom. The fraction of sp³-hybridized carbons (Fsp3) is 0.286. The van der Waals surface area contributed by atoms with Crippen LogP contribution in [-0.4, -0.2) is 35.0 Å². The summed E-state index contributed by atoms with van der Waals surface area (Å²) in [4.78, 5) is 10.1. The third-order valence-electron chi connectivity index (χ3n) is 5.19. The van der Waals surface area contributed by atoms with Gasteiger partial charge in [-0.3, -0.25) is 4.98 Å². The number of piperidine rings is 1. The highest BCUT2D eigenvalue weighted by atomic mass is 35.5. The minimum Gasteiger partial charge on any atom is -0.358 e. The SMILES string of the molecule is CN1CCC(c2cc(-c3ccncc3Cl)c(-c3ccc(F)cc3)[nH]2)CC1.Cl.Cl. The van der Waals surface area contributed by atoms with Crippen LogP contribution in [0.3, 0.4) is 0 Å². The minimum atomic E-state index is -0.237. The average Bonchev–Trinajstić information content (AvgIpc) is 3.08. The summed E-state index contributed by atoms with van der Waals surface area (Å²) in [5.74, 6) is 0.263. The zero-order chi connectivity index (χ0) is 18.1. The number of hydrogen-bond acceptors (Lipinski definition) is 2. The Labute approximate surface area is 182 Å². The average molecular weight is 443 g/mol. The van der Waals surface area contributed by atoms with Gasteiger partial charge in [-0.15, -0.1) is 24.8 Å². The number of nitrogens with one attached hydrogen (secondary N) is 1. The molecule has 1 aromatic carbocycles. The van der Waals surface area contributed by atoms with Crippen LogP contribution in [-0.2, 0) is 0 Å². The quantitative estimate of drug-likeness (QED) is 0.524. The molecule has 0 amide bonds. The number of aromatic amines is 1. The van der Waals surface area contributed by atoms with Gasteiger partial charge in [-0.25, -0.2) is 4.39 Å². The van der Waals surface area contributed by atoms with Gasteiger partial charge in [0, 0.05) is 35.1 Å². The second-order valence-electron chi connectivity index (χ2n) is 6.95. The van der Waals surface area contributed by atoms with Crippen LogP contribution in [0.2, 0.25) is 5.02 Å². The Balaban J connectivity index is 0.00000140. The number of H-pyrrole nitrogens is 1. The first-order chi connectivity index (χ1) is 12.6. The first-order valence-electron chi connectivity index (χ1n) is 8.89. The Bertz CT molecular complexity index is 904. The van der Waals surface area contributed by atoms with E-state index >= 15 is 0 Å². The number of aromatic nitrogens is 2. The Kier molecular flexibility index (Phi) is 7.90. The first kappa shape index (κ1) is 22.7. The van der Waals surface area contributed by atoms with Crippen LogP contribution in [0.4, 0.5) is 4.39 Å². The van der Waals surface area contributed by atoms with Crippen molar-refractivity contribution in [1.82, 2.24) is 14.9 Å². The lowest BCUT2D eigenvalue weighted by molar-refractivity contribution is 0.253. The molecule has 28 heavy (non-hydrogen) atoms. The van der Waals surface area contributed by atoms with Crippen LogP contribution < -0.4 is 0 Å². The van der Waals surface area contributed by atoms with Crippen molar-refractivity contribution in [1.29, 1.82) is 0 Å². The van der Waals surface area contributed by atoms with E-state index in [1.54, 1.807) is 24.5 Å². The standard InChI is InChI=1S/C21H21ClFN3.2ClH/c1-26-10-7-14(8-11-26)20-12-18(17-6-9-24-13-19(17)22)21(25-20)15-2-4-16(23)5-3-15;;/h2-6,9,12-14,25H,7-8,10-11H2,1H3;2*1H. The summed E-state index contributed by atoms with van der Waals surface area (Å²) in [6.07, 6.45) is 5.66. The summed E-state index contributed by atoms with van der Waals surface area (Å²) >= 11 is 6.41. The molecule has 0 aliphatic carbocycles. The fourth-order valence-corrected chi connectivity index (χ4v) is 3.89. The third kappa shape index (κ3) is 4.69. The molecule has 150 valence electrons. The molecule has 3 aromatic rings. The Hall–Kier alpha value is -1.59. The number of nitrogens with zero attached hydrogens (tertiary/aromatic N) is 2. The molecule has 1 aliphatic rings. The molecule has 0 spiro atoms. The van der Waals surface area contributed by atoms with Gasteiger partial charge < -0.3 is 9.88 Å². The summed E-state index contributed by atoms with van der Waals surface area (Å²) in [5, 5.41) is 0.616. The topological polar surface area (TPSA) is 31.9 Å². The molecule has 1 fully saturated rings. The molecular weight excluding hydrogens is 420 g/mol. The first-order valence-corrected chi connectivity index (χ1v) is 9.27.